The van der Waals surface area contributed by atoms with Crippen molar-refractivity contribution in [2.75, 3.05) is 6.54 Å². The average Bonchev–Trinajstić information content (AvgIpc) is 2.38. The molecule has 0 saturated carbocycles. The molecule has 0 saturated heterocycles. The van der Waals surface area contributed by atoms with Crippen LogP contribution in [0.15, 0.2) is 30.3 Å². The highest BCUT2D eigenvalue weighted by Crippen LogP contribution is 2.30. The summed E-state index contributed by atoms with van der Waals surface area (Å²) in [5, 5.41) is 0. The topological polar surface area (TPSA) is 35.2 Å². The van der Waals surface area contributed by atoms with Crippen molar-refractivity contribution in [1.29, 1.82) is 0 Å². The molecule has 0 aromatic heterocycles. The highest BCUT2D eigenvalue weighted by molar-refractivity contribution is 5.38. The van der Waals surface area contributed by atoms with E-state index in [0.29, 0.717) is 12.0 Å². The van der Waals surface area contributed by atoms with Crippen LogP contribution >= 0.6 is 0 Å². The Hall–Kier alpha value is -2.01. The van der Waals surface area contributed by atoms with E-state index in [1.807, 2.05) is 0 Å². The van der Waals surface area contributed by atoms with Crippen molar-refractivity contribution in [1.82, 2.24) is 0 Å². The lowest BCUT2D eigenvalue weighted by Gasteiger charge is -2.11. The molecule has 0 bridgehead atoms. The Balaban J connectivity index is 2.36. The summed E-state index contributed by atoms with van der Waals surface area (Å²) in [5.74, 6) is -3.27. The van der Waals surface area contributed by atoms with Crippen molar-refractivity contribution in [3.05, 3.63) is 58.9 Å². The van der Waals surface area contributed by atoms with Gasteiger partial charge < -0.3 is 10.5 Å². The zero-order valence-corrected chi connectivity index (χ0v) is 10.9. The van der Waals surface area contributed by atoms with E-state index in [0.717, 1.165) is 17.7 Å². The Bertz CT molecular complexity index is 606. The van der Waals surface area contributed by atoms with Crippen LogP contribution in [0, 0.1) is 24.4 Å². The number of nitrogens with two attached hydrogens (primary N) is 1. The lowest BCUT2D eigenvalue weighted by atomic mass is 10.1. The molecule has 2 aromatic carbocycles. The van der Waals surface area contributed by atoms with E-state index in [-0.39, 0.29) is 12.3 Å². The standard InChI is InChI=1S/C15H14F3NO/c1-9-2-3-11(16)14(6-9)20-15-12(17)7-10(4-5-19)8-13(15)18/h2-3,6-8H,4-5,19H2,1H3. The third-order valence-corrected chi connectivity index (χ3v) is 2.79. The Morgan fingerprint density at radius 1 is 1.00 bits per heavy atom. The van der Waals surface area contributed by atoms with Crippen LogP contribution in [0.5, 0.6) is 11.5 Å². The van der Waals surface area contributed by atoms with Crippen LogP contribution < -0.4 is 10.5 Å². The fourth-order valence-electron chi connectivity index (χ4n) is 1.82. The van der Waals surface area contributed by atoms with Gasteiger partial charge in [-0.15, -0.1) is 0 Å². The molecule has 20 heavy (non-hydrogen) atoms. The van der Waals surface area contributed by atoms with E-state index in [9.17, 15) is 13.2 Å². The SMILES string of the molecule is Cc1ccc(F)c(Oc2c(F)cc(CCN)cc2F)c1. The summed E-state index contributed by atoms with van der Waals surface area (Å²) in [4.78, 5) is 0. The van der Waals surface area contributed by atoms with Crippen LogP contribution in [0.3, 0.4) is 0 Å². The van der Waals surface area contributed by atoms with Gasteiger partial charge in [-0.3, -0.25) is 0 Å². The number of benzene rings is 2. The summed E-state index contributed by atoms with van der Waals surface area (Å²) in [6.07, 6.45) is 0.354. The summed E-state index contributed by atoms with van der Waals surface area (Å²) in [5.41, 5.74) is 6.49. The van der Waals surface area contributed by atoms with Gasteiger partial charge in [0.1, 0.15) is 0 Å². The molecule has 0 atom stereocenters. The summed E-state index contributed by atoms with van der Waals surface area (Å²) in [6, 6.07) is 6.38. The molecule has 2 aromatic rings. The quantitative estimate of drug-likeness (QED) is 0.927. The number of aryl methyl sites for hydroxylation is 1. The number of hydrogen-bond donors (Lipinski definition) is 1. The number of rotatable bonds is 4. The minimum atomic E-state index is -0.880. The van der Waals surface area contributed by atoms with E-state index in [4.69, 9.17) is 10.5 Å². The molecule has 0 aliphatic heterocycles. The van der Waals surface area contributed by atoms with Crippen LogP contribution in [0.25, 0.3) is 0 Å². The molecular weight excluding hydrogens is 267 g/mol. The average molecular weight is 281 g/mol. The summed E-state index contributed by atoms with van der Waals surface area (Å²) in [6.45, 7) is 2.01. The van der Waals surface area contributed by atoms with Gasteiger partial charge in [-0.25, -0.2) is 13.2 Å². The zero-order chi connectivity index (χ0) is 14.7. The van der Waals surface area contributed by atoms with Crippen molar-refractivity contribution >= 4 is 0 Å². The molecule has 106 valence electrons. The number of ether oxygens (including phenoxy) is 1. The van der Waals surface area contributed by atoms with Crippen molar-refractivity contribution < 1.29 is 17.9 Å². The Labute approximate surface area is 115 Å². The monoisotopic (exact) mass is 281 g/mol. The third kappa shape index (κ3) is 3.11. The molecule has 0 heterocycles. The second kappa shape index (κ2) is 5.96. The minimum absolute atomic E-state index is 0.214. The maximum Gasteiger partial charge on any atom is 0.198 e. The van der Waals surface area contributed by atoms with Gasteiger partial charge in [-0.1, -0.05) is 6.07 Å². The molecule has 0 amide bonds. The van der Waals surface area contributed by atoms with Crippen molar-refractivity contribution in [2.45, 2.75) is 13.3 Å². The van der Waals surface area contributed by atoms with Crippen LogP contribution in [0.4, 0.5) is 13.2 Å². The molecule has 5 heteroatoms. The van der Waals surface area contributed by atoms with Gasteiger partial charge >= 0.3 is 0 Å². The van der Waals surface area contributed by atoms with Crippen LogP contribution in [0.2, 0.25) is 0 Å². The van der Waals surface area contributed by atoms with Crippen LogP contribution in [-0.4, -0.2) is 6.54 Å². The number of halogens is 3. The van der Waals surface area contributed by atoms with Gasteiger partial charge in [0.2, 0.25) is 0 Å². The fourth-order valence-corrected chi connectivity index (χ4v) is 1.82. The number of hydrogen-bond acceptors (Lipinski definition) is 2. The van der Waals surface area contributed by atoms with Gasteiger partial charge in [0, 0.05) is 0 Å². The molecule has 0 radical (unpaired) electrons. The highest BCUT2D eigenvalue weighted by Gasteiger charge is 2.15. The van der Waals surface area contributed by atoms with Crippen LogP contribution in [-0.2, 0) is 6.42 Å². The maximum atomic E-state index is 13.8. The van der Waals surface area contributed by atoms with Crippen molar-refractivity contribution in [3.63, 3.8) is 0 Å². The summed E-state index contributed by atoms with van der Waals surface area (Å²) in [7, 11) is 0. The summed E-state index contributed by atoms with van der Waals surface area (Å²) >= 11 is 0. The van der Waals surface area contributed by atoms with Crippen molar-refractivity contribution in [3.8, 4) is 11.5 Å². The largest absolute Gasteiger partial charge is 0.448 e. The molecule has 2 N–H and O–H groups in total. The minimum Gasteiger partial charge on any atom is -0.448 e. The first-order valence-electron chi connectivity index (χ1n) is 6.13. The normalized spacial score (nSPS) is 10.7. The zero-order valence-electron chi connectivity index (χ0n) is 10.9. The van der Waals surface area contributed by atoms with Crippen LogP contribution in [0.1, 0.15) is 11.1 Å². The van der Waals surface area contributed by atoms with E-state index >= 15 is 0 Å². The lowest BCUT2D eigenvalue weighted by Crippen LogP contribution is -2.04. The Morgan fingerprint density at radius 3 is 2.25 bits per heavy atom. The molecule has 0 aliphatic rings. The Kier molecular flexibility index (Phi) is 4.29. The van der Waals surface area contributed by atoms with E-state index in [2.05, 4.69) is 0 Å². The second-order valence-corrected chi connectivity index (χ2v) is 4.46. The van der Waals surface area contributed by atoms with E-state index in [1.54, 1.807) is 13.0 Å². The lowest BCUT2D eigenvalue weighted by molar-refractivity contribution is 0.386. The molecule has 0 spiro atoms. The molecule has 0 unspecified atom stereocenters. The molecular formula is C15H14F3NO. The van der Waals surface area contributed by atoms with Gasteiger partial charge in [0.15, 0.2) is 29.0 Å². The van der Waals surface area contributed by atoms with Gasteiger partial charge in [-0.2, -0.15) is 0 Å². The molecule has 0 aliphatic carbocycles. The van der Waals surface area contributed by atoms with Gasteiger partial charge in [-0.05, 0) is 55.3 Å². The second-order valence-electron chi connectivity index (χ2n) is 4.46. The first-order valence-corrected chi connectivity index (χ1v) is 6.13. The fraction of sp³-hybridized carbons (Fsp3) is 0.200. The summed E-state index contributed by atoms with van der Waals surface area (Å²) < 4.78 is 46.2. The van der Waals surface area contributed by atoms with E-state index in [1.165, 1.54) is 12.1 Å². The van der Waals surface area contributed by atoms with Gasteiger partial charge in [0.25, 0.3) is 0 Å². The van der Waals surface area contributed by atoms with Gasteiger partial charge in [0.05, 0.1) is 0 Å². The first kappa shape index (κ1) is 14.4. The third-order valence-electron chi connectivity index (χ3n) is 2.79. The molecule has 2 nitrogen and oxygen atoms in total. The smallest absolute Gasteiger partial charge is 0.198 e. The predicted molar refractivity (Wildman–Crippen MR) is 70.3 cm³/mol. The Morgan fingerprint density at radius 2 is 1.65 bits per heavy atom. The maximum absolute atomic E-state index is 13.8. The predicted octanol–water partition coefficient (Wildman–Crippen LogP) is 3.71. The first-order chi connectivity index (χ1) is 9.51. The van der Waals surface area contributed by atoms with E-state index < -0.39 is 23.2 Å². The van der Waals surface area contributed by atoms with Crippen molar-refractivity contribution in [2.24, 2.45) is 5.73 Å². The molecule has 2 rings (SSSR count). The highest BCUT2D eigenvalue weighted by atomic mass is 19.1. The molecule has 0 fully saturated rings.